The molecular formula is C20H25N3O4S2. The number of anilines is 2. The van der Waals surface area contributed by atoms with Gasteiger partial charge in [-0.2, -0.15) is 0 Å². The van der Waals surface area contributed by atoms with Crippen molar-refractivity contribution in [3.05, 3.63) is 40.4 Å². The number of carbonyl (C=O) groups is 3. The second-order valence-corrected chi connectivity index (χ2v) is 9.06. The number of rotatable bonds is 9. The monoisotopic (exact) mass is 435 g/mol. The fourth-order valence-corrected chi connectivity index (χ4v) is 3.70. The molecule has 2 amide bonds. The lowest BCUT2D eigenvalue weighted by molar-refractivity contribution is -0.114. The molecule has 1 aromatic heterocycles. The van der Waals surface area contributed by atoms with Crippen molar-refractivity contribution in [2.24, 2.45) is 5.92 Å². The number of nitrogens with zero attached hydrogens (tertiary/aromatic N) is 1. The lowest BCUT2D eigenvalue weighted by Crippen LogP contribution is -2.18. The molecule has 0 aliphatic heterocycles. The summed E-state index contributed by atoms with van der Waals surface area (Å²) in [5, 5.41) is 5.80. The van der Waals surface area contributed by atoms with Gasteiger partial charge in [-0.15, -0.1) is 23.1 Å². The average Bonchev–Trinajstić information content (AvgIpc) is 2.99. The van der Waals surface area contributed by atoms with E-state index in [1.165, 1.54) is 23.1 Å². The number of thiazole rings is 1. The van der Waals surface area contributed by atoms with Crippen molar-refractivity contribution in [1.82, 2.24) is 4.98 Å². The maximum atomic E-state index is 12.1. The van der Waals surface area contributed by atoms with Crippen LogP contribution in [-0.4, -0.2) is 40.9 Å². The maximum Gasteiger partial charge on any atom is 0.358 e. The second kappa shape index (κ2) is 11.0. The smallest absolute Gasteiger partial charge is 0.358 e. The van der Waals surface area contributed by atoms with E-state index in [1.54, 1.807) is 6.92 Å². The molecule has 0 bridgehead atoms. The van der Waals surface area contributed by atoms with Gasteiger partial charge in [-0.1, -0.05) is 26.0 Å². The molecule has 0 aliphatic carbocycles. The van der Waals surface area contributed by atoms with Crippen LogP contribution in [0, 0.1) is 19.8 Å². The van der Waals surface area contributed by atoms with Gasteiger partial charge in [0.05, 0.1) is 18.1 Å². The number of benzene rings is 1. The predicted octanol–water partition coefficient (Wildman–Crippen LogP) is 3.88. The summed E-state index contributed by atoms with van der Waals surface area (Å²) in [5.74, 6) is -0.451. The number of carbonyl (C=O) groups excluding carboxylic acids is 3. The zero-order valence-electron chi connectivity index (χ0n) is 16.9. The molecule has 2 N–H and O–H groups in total. The molecule has 2 rings (SSSR count). The molecule has 0 fully saturated rings. The summed E-state index contributed by atoms with van der Waals surface area (Å²) >= 11 is 2.42. The largest absolute Gasteiger partial charge is 0.461 e. The molecule has 0 atom stereocenters. The van der Waals surface area contributed by atoms with Crippen LogP contribution in [0.3, 0.4) is 0 Å². The molecule has 9 heteroatoms. The van der Waals surface area contributed by atoms with Crippen LogP contribution in [0.1, 0.15) is 34.8 Å². The number of esters is 1. The quantitative estimate of drug-likeness (QED) is 0.580. The van der Waals surface area contributed by atoms with Crippen molar-refractivity contribution in [1.29, 1.82) is 0 Å². The summed E-state index contributed by atoms with van der Waals surface area (Å²) in [6, 6.07) is 7.51. The topological polar surface area (TPSA) is 97.4 Å². The Bertz CT molecular complexity index is 880. The molecule has 0 saturated carbocycles. The standard InChI is InChI=1S/C20H25N3O4S2/c1-12(2)9-27-19(26)18-14(4)29-20(23-18)22-17(25)11-28-10-16(24)21-15-7-5-6-13(3)8-15/h5-8,12H,9-11H2,1-4H3,(H,21,24)(H,22,23,25). The number of hydrogen-bond acceptors (Lipinski definition) is 7. The van der Waals surface area contributed by atoms with Gasteiger partial charge >= 0.3 is 5.97 Å². The Labute approximate surface area is 178 Å². The van der Waals surface area contributed by atoms with Gasteiger partial charge in [0.15, 0.2) is 10.8 Å². The van der Waals surface area contributed by atoms with E-state index in [4.69, 9.17) is 4.74 Å². The van der Waals surface area contributed by atoms with E-state index in [9.17, 15) is 14.4 Å². The summed E-state index contributed by atoms with van der Waals surface area (Å²) in [6.07, 6.45) is 0. The van der Waals surface area contributed by atoms with Crippen LogP contribution in [0.5, 0.6) is 0 Å². The Morgan fingerprint density at radius 3 is 2.48 bits per heavy atom. The van der Waals surface area contributed by atoms with Crippen LogP contribution in [0.2, 0.25) is 0 Å². The molecule has 1 heterocycles. The van der Waals surface area contributed by atoms with Gasteiger partial charge in [0, 0.05) is 10.6 Å². The first-order valence-corrected chi connectivity index (χ1v) is 11.1. The van der Waals surface area contributed by atoms with Gasteiger partial charge in [-0.3, -0.25) is 9.59 Å². The van der Waals surface area contributed by atoms with E-state index >= 15 is 0 Å². The van der Waals surface area contributed by atoms with E-state index in [0.717, 1.165) is 11.3 Å². The molecule has 0 radical (unpaired) electrons. The minimum atomic E-state index is -0.491. The van der Waals surface area contributed by atoms with Crippen molar-refractivity contribution in [2.45, 2.75) is 27.7 Å². The van der Waals surface area contributed by atoms with Crippen LogP contribution in [-0.2, 0) is 14.3 Å². The highest BCUT2D eigenvalue weighted by atomic mass is 32.2. The number of aryl methyl sites for hydroxylation is 2. The minimum absolute atomic E-state index is 0.104. The fourth-order valence-electron chi connectivity index (χ4n) is 2.26. The predicted molar refractivity (Wildman–Crippen MR) is 118 cm³/mol. The zero-order valence-corrected chi connectivity index (χ0v) is 18.5. The number of ether oxygens (including phenoxy) is 1. The van der Waals surface area contributed by atoms with Crippen LogP contribution >= 0.6 is 23.1 Å². The number of hydrogen-bond donors (Lipinski definition) is 2. The fraction of sp³-hybridized carbons (Fsp3) is 0.400. The van der Waals surface area contributed by atoms with E-state index in [-0.39, 0.29) is 34.9 Å². The van der Waals surface area contributed by atoms with Crippen LogP contribution in [0.4, 0.5) is 10.8 Å². The van der Waals surface area contributed by atoms with Crippen molar-refractivity contribution in [3.8, 4) is 0 Å². The Kier molecular flexibility index (Phi) is 8.66. The second-order valence-electron chi connectivity index (χ2n) is 6.87. The number of thioether (sulfide) groups is 1. The van der Waals surface area contributed by atoms with E-state index in [1.807, 2.05) is 45.0 Å². The summed E-state index contributed by atoms with van der Waals surface area (Å²) in [4.78, 5) is 40.9. The highest BCUT2D eigenvalue weighted by molar-refractivity contribution is 8.00. The molecule has 1 aromatic carbocycles. The van der Waals surface area contributed by atoms with Crippen molar-refractivity contribution in [2.75, 3.05) is 28.7 Å². The average molecular weight is 436 g/mol. The van der Waals surface area contributed by atoms with Crippen LogP contribution in [0.25, 0.3) is 0 Å². The normalized spacial score (nSPS) is 10.7. The van der Waals surface area contributed by atoms with Gasteiger partial charge in [0.2, 0.25) is 11.8 Å². The lowest BCUT2D eigenvalue weighted by atomic mass is 10.2. The first-order chi connectivity index (χ1) is 13.7. The van der Waals surface area contributed by atoms with E-state index in [2.05, 4.69) is 15.6 Å². The number of aromatic nitrogens is 1. The summed E-state index contributed by atoms with van der Waals surface area (Å²) in [7, 11) is 0. The highest BCUT2D eigenvalue weighted by Crippen LogP contribution is 2.23. The molecule has 0 saturated heterocycles. The summed E-state index contributed by atoms with van der Waals surface area (Å²) in [6.45, 7) is 7.92. The molecule has 156 valence electrons. The molecule has 7 nitrogen and oxygen atoms in total. The third-order valence-corrected chi connectivity index (χ3v) is 5.37. The molecular weight excluding hydrogens is 410 g/mol. The molecule has 0 spiro atoms. The van der Waals surface area contributed by atoms with Gasteiger partial charge < -0.3 is 15.4 Å². The Morgan fingerprint density at radius 2 is 1.83 bits per heavy atom. The van der Waals surface area contributed by atoms with Crippen molar-refractivity contribution < 1.29 is 19.1 Å². The first kappa shape index (κ1) is 22.9. The Hall–Kier alpha value is -2.39. The Morgan fingerprint density at radius 1 is 1.14 bits per heavy atom. The third-order valence-electron chi connectivity index (χ3n) is 3.55. The van der Waals surface area contributed by atoms with Crippen molar-refractivity contribution in [3.63, 3.8) is 0 Å². The number of nitrogens with one attached hydrogen (secondary N) is 2. The molecule has 0 aliphatic rings. The third kappa shape index (κ3) is 7.86. The maximum absolute atomic E-state index is 12.1. The van der Waals surface area contributed by atoms with Gasteiger partial charge in [0.25, 0.3) is 0 Å². The highest BCUT2D eigenvalue weighted by Gasteiger charge is 2.18. The first-order valence-electron chi connectivity index (χ1n) is 9.13. The Balaban J connectivity index is 1.77. The van der Waals surface area contributed by atoms with Crippen LogP contribution in [0.15, 0.2) is 24.3 Å². The molecule has 0 unspecified atom stereocenters. The molecule has 2 aromatic rings. The lowest BCUT2D eigenvalue weighted by Gasteiger charge is -2.06. The van der Waals surface area contributed by atoms with Gasteiger partial charge in [0.1, 0.15) is 0 Å². The SMILES string of the molecule is Cc1cccc(NC(=O)CSCC(=O)Nc2nc(C(=O)OCC(C)C)c(C)s2)c1. The summed E-state index contributed by atoms with van der Waals surface area (Å²) in [5.41, 5.74) is 2.01. The summed E-state index contributed by atoms with van der Waals surface area (Å²) < 4.78 is 5.18. The van der Waals surface area contributed by atoms with E-state index < -0.39 is 5.97 Å². The number of amides is 2. The van der Waals surface area contributed by atoms with Gasteiger partial charge in [-0.25, -0.2) is 9.78 Å². The van der Waals surface area contributed by atoms with Crippen LogP contribution < -0.4 is 10.6 Å². The van der Waals surface area contributed by atoms with E-state index in [0.29, 0.717) is 16.6 Å². The zero-order chi connectivity index (χ0) is 21.4. The van der Waals surface area contributed by atoms with Crippen molar-refractivity contribution >= 4 is 51.7 Å². The minimum Gasteiger partial charge on any atom is -0.461 e. The van der Waals surface area contributed by atoms with Gasteiger partial charge in [-0.05, 0) is 37.5 Å². The molecule has 29 heavy (non-hydrogen) atoms.